The number of carbonyl (C=O) groups is 2. The van der Waals surface area contributed by atoms with Gasteiger partial charge in [-0.3, -0.25) is 19.4 Å². The highest BCUT2D eigenvalue weighted by molar-refractivity contribution is 5.91. The molecule has 8 heteroatoms. The highest BCUT2D eigenvalue weighted by Gasteiger charge is 2.38. The van der Waals surface area contributed by atoms with Crippen molar-refractivity contribution in [1.82, 2.24) is 20.3 Å². The number of amides is 2. The van der Waals surface area contributed by atoms with Crippen LogP contribution in [0.5, 0.6) is 0 Å². The minimum absolute atomic E-state index is 0.0785. The third-order valence-electron chi connectivity index (χ3n) is 6.42. The first-order valence-corrected chi connectivity index (χ1v) is 11.0. The van der Waals surface area contributed by atoms with Gasteiger partial charge in [-0.15, -0.1) is 0 Å². The highest BCUT2D eigenvalue weighted by Crippen LogP contribution is 2.43. The topological polar surface area (TPSA) is 90.7 Å². The van der Waals surface area contributed by atoms with Gasteiger partial charge in [-0.05, 0) is 25.3 Å². The molecule has 0 atom stereocenters. The predicted octanol–water partition coefficient (Wildman–Crippen LogP) is 1.78. The van der Waals surface area contributed by atoms with Gasteiger partial charge in [0.25, 0.3) is 0 Å². The highest BCUT2D eigenvalue weighted by atomic mass is 16.5. The molecule has 2 N–H and O–H groups in total. The van der Waals surface area contributed by atoms with Gasteiger partial charge in [0.05, 0.1) is 13.1 Å². The summed E-state index contributed by atoms with van der Waals surface area (Å²) >= 11 is 0. The number of hydrogen-bond donors (Lipinski definition) is 2. The van der Waals surface area contributed by atoms with Crippen LogP contribution in [0.4, 0.5) is 5.82 Å². The van der Waals surface area contributed by atoms with Crippen LogP contribution in [0.15, 0.2) is 40.9 Å². The Balaban J connectivity index is 1.17. The van der Waals surface area contributed by atoms with Crippen molar-refractivity contribution in [3.05, 3.63) is 47.7 Å². The van der Waals surface area contributed by atoms with Crippen LogP contribution >= 0.6 is 0 Å². The fourth-order valence-electron chi connectivity index (χ4n) is 4.41. The number of anilines is 1. The van der Waals surface area contributed by atoms with Crippen LogP contribution in [0, 0.1) is 6.92 Å². The lowest BCUT2D eigenvalue weighted by molar-refractivity contribution is -0.124. The molecule has 0 radical (unpaired) electrons. The van der Waals surface area contributed by atoms with Crippen molar-refractivity contribution in [1.29, 1.82) is 0 Å². The molecule has 2 fully saturated rings. The monoisotopic (exact) mass is 425 g/mol. The maximum Gasteiger partial charge on any atom is 0.239 e. The second-order valence-electron chi connectivity index (χ2n) is 8.70. The van der Waals surface area contributed by atoms with Crippen molar-refractivity contribution in [3.8, 4) is 0 Å². The Morgan fingerprint density at radius 2 is 1.68 bits per heavy atom. The molecule has 1 aliphatic carbocycles. The molecule has 2 heterocycles. The Hall–Kier alpha value is -2.71. The zero-order chi connectivity index (χ0) is 21.7. The third-order valence-corrected chi connectivity index (χ3v) is 6.42. The minimum atomic E-state index is -0.105. The standard InChI is InChI=1S/C23H31N5O3/c1-18-14-20(26-31-18)25-22(30)16-28-12-10-27(11-13-28)15-21(29)24-17-23(8-5-9-23)19-6-3-2-4-7-19/h2-4,6-7,14H,5,8-13,15-17H2,1H3,(H,24,29)(H,25,26,30). The number of benzene rings is 1. The molecule has 1 aromatic carbocycles. The quantitative estimate of drug-likeness (QED) is 0.670. The van der Waals surface area contributed by atoms with E-state index in [0.717, 1.165) is 39.0 Å². The third kappa shape index (κ3) is 5.51. The van der Waals surface area contributed by atoms with E-state index in [1.54, 1.807) is 13.0 Å². The van der Waals surface area contributed by atoms with Gasteiger partial charge in [0, 0.05) is 44.2 Å². The van der Waals surface area contributed by atoms with Gasteiger partial charge >= 0.3 is 0 Å². The van der Waals surface area contributed by atoms with Crippen LogP contribution in [-0.4, -0.2) is 72.6 Å². The number of carbonyl (C=O) groups excluding carboxylic acids is 2. The normalized spacial score (nSPS) is 18.9. The Kier molecular flexibility index (Phi) is 6.67. The molecule has 1 saturated carbocycles. The lowest BCUT2D eigenvalue weighted by Gasteiger charge is -2.43. The molecular weight excluding hydrogens is 394 g/mol. The molecule has 0 bridgehead atoms. The van der Waals surface area contributed by atoms with Gasteiger partial charge in [0.1, 0.15) is 5.76 Å². The summed E-state index contributed by atoms with van der Waals surface area (Å²) in [7, 11) is 0. The zero-order valence-corrected chi connectivity index (χ0v) is 18.1. The largest absolute Gasteiger partial charge is 0.360 e. The number of hydrogen-bond acceptors (Lipinski definition) is 6. The van der Waals surface area contributed by atoms with Gasteiger partial charge in [-0.25, -0.2) is 0 Å². The fraction of sp³-hybridized carbons (Fsp3) is 0.522. The summed E-state index contributed by atoms with van der Waals surface area (Å²) < 4.78 is 4.96. The molecule has 166 valence electrons. The summed E-state index contributed by atoms with van der Waals surface area (Å²) in [6, 6.07) is 12.2. The van der Waals surface area contributed by atoms with Crippen LogP contribution in [0.1, 0.15) is 30.6 Å². The van der Waals surface area contributed by atoms with Crippen molar-refractivity contribution in [2.24, 2.45) is 0 Å². The second kappa shape index (κ2) is 9.62. The van der Waals surface area contributed by atoms with E-state index in [1.165, 1.54) is 12.0 Å². The maximum absolute atomic E-state index is 12.5. The number of aromatic nitrogens is 1. The molecule has 4 rings (SSSR count). The molecule has 31 heavy (non-hydrogen) atoms. The van der Waals surface area contributed by atoms with Crippen molar-refractivity contribution in [2.45, 2.75) is 31.6 Å². The van der Waals surface area contributed by atoms with Crippen LogP contribution in [0.3, 0.4) is 0 Å². The zero-order valence-electron chi connectivity index (χ0n) is 18.1. The number of rotatable bonds is 8. The lowest BCUT2D eigenvalue weighted by atomic mass is 9.64. The average molecular weight is 426 g/mol. The first kappa shape index (κ1) is 21.5. The van der Waals surface area contributed by atoms with Crippen LogP contribution < -0.4 is 10.6 Å². The van der Waals surface area contributed by atoms with E-state index in [2.05, 4.69) is 49.9 Å². The Morgan fingerprint density at radius 1 is 1.03 bits per heavy atom. The van der Waals surface area contributed by atoms with Crippen molar-refractivity contribution >= 4 is 17.6 Å². The molecule has 2 aliphatic rings. The summed E-state index contributed by atoms with van der Waals surface area (Å²) in [5.41, 5.74) is 1.43. The van der Waals surface area contributed by atoms with Gasteiger partial charge in [0.15, 0.2) is 5.82 Å². The maximum atomic E-state index is 12.5. The van der Waals surface area contributed by atoms with Crippen LogP contribution in [-0.2, 0) is 15.0 Å². The first-order valence-electron chi connectivity index (χ1n) is 11.0. The molecule has 2 aromatic rings. The number of piperazine rings is 1. The summed E-state index contributed by atoms with van der Waals surface area (Å²) in [5, 5.41) is 9.70. The van der Waals surface area contributed by atoms with E-state index in [1.807, 2.05) is 6.07 Å². The van der Waals surface area contributed by atoms with Crippen LogP contribution in [0.2, 0.25) is 0 Å². The SMILES string of the molecule is Cc1cc(NC(=O)CN2CCN(CC(=O)NCC3(c4ccccc4)CCC3)CC2)no1. The molecule has 1 saturated heterocycles. The molecule has 1 aromatic heterocycles. The van der Waals surface area contributed by atoms with E-state index in [0.29, 0.717) is 31.2 Å². The number of aryl methyl sites for hydroxylation is 1. The fourth-order valence-corrected chi connectivity index (χ4v) is 4.41. The van der Waals surface area contributed by atoms with Gasteiger partial charge in [-0.2, -0.15) is 0 Å². The summed E-state index contributed by atoms with van der Waals surface area (Å²) in [5.74, 6) is 1.08. The smallest absolute Gasteiger partial charge is 0.239 e. The van der Waals surface area contributed by atoms with Gasteiger partial charge in [0.2, 0.25) is 11.8 Å². The van der Waals surface area contributed by atoms with Gasteiger partial charge < -0.3 is 15.2 Å². The molecule has 2 amide bonds. The minimum Gasteiger partial charge on any atom is -0.360 e. The van der Waals surface area contributed by atoms with Crippen molar-refractivity contribution in [2.75, 3.05) is 51.1 Å². The van der Waals surface area contributed by atoms with E-state index in [4.69, 9.17) is 4.52 Å². The van der Waals surface area contributed by atoms with E-state index in [-0.39, 0.29) is 17.2 Å². The number of nitrogens with zero attached hydrogens (tertiary/aromatic N) is 3. The molecular formula is C23H31N5O3. The Bertz CT molecular complexity index is 886. The van der Waals surface area contributed by atoms with E-state index < -0.39 is 0 Å². The summed E-state index contributed by atoms with van der Waals surface area (Å²) in [6.45, 7) is 6.26. The molecule has 8 nitrogen and oxygen atoms in total. The molecule has 0 unspecified atom stereocenters. The van der Waals surface area contributed by atoms with Crippen LogP contribution in [0.25, 0.3) is 0 Å². The van der Waals surface area contributed by atoms with Crippen molar-refractivity contribution < 1.29 is 14.1 Å². The second-order valence-corrected chi connectivity index (χ2v) is 8.70. The predicted molar refractivity (Wildman–Crippen MR) is 118 cm³/mol. The lowest BCUT2D eigenvalue weighted by Crippen LogP contribution is -2.52. The molecule has 1 aliphatic heterocycles. The summed E-state index contributed by atoms with van der Waals surface area (Å²) in [6.07, 6.45) is 3.48. The summed E-state index contributed by atoms with van der Waals surface area (Å²) in [4.78, 5) is 29.0. The molecule has 0 spiro atoms. The number of nitrogens with one attached hydrogen (secondary N) is 2. The Morgan fingerprint density at radius 3 is 2.23 bits per heavy atom. The van der Waals surface area contributed by atoms with Crippen molar-refractivity contribution in [3.63, 3.8) is 0 Å². The first-order chi connectivity index (χ1) is 15.0. The van der Waals surface area contributed by atoms with E-state index >= 15 is 0 Å². The average Bonchev–Trinajstić information content (AvgIpc) is 3.14. The van der Waals surface area contributed by atoms with E-state index in [9.17, 15) is 9.59 Å². The Labute approximate surface area is 182 Å². The van der Waals surface area contributed by atoms with Gasteiger partial charge in [-0.1, -0.05) is 41.9 Å².